The molecular weight excluding hydrogens is 208 g/mol. The van der Waals surface area contributed by atoms with E-state index in [0.29, 0.717) is 6.54 Å². The Balaban J connectivity index is 2.80. The molecule has 2 nitrogen and oxygen atoms in total. The molecule has 1 atom stereocenters. The van der Waals surface area contributed by atoms with Gasteiger partial charge in [0.05, 0.1) is 0 Å². The van der Waals surface area contributed by atoms with Crippen LogP contribution in [0.25, 0.3) is 0 Å². The van der Waals surface area contributed by atoms with Crippen LogP contribution in [0.2, 0.25) is 0 Å². The summed E-state index contributed by atoms with van der Waals surface area (Å²) in [6.45, 7) is 10.4. The zero-order valence-corrected chi connectivity index (χ0v) is 11.9. The minimum Gasteiger partial charge on any atom is -0.329 e. The molecule has 0 aromatic heterocycles. The van der Waals surface area contributed by atoms with Gasteiger partial charge in [-0.15, -0.1) is 0 Å². The molecule has 1 rings (SSSR count). The molecule has 0 aliphatic heterocycles. The minimum atomic E-state index is 0.0960. The first-order valence-corrected chi connectivity index (χ1v) is 6.40. The van der Waals surface area contributed by atoms with Gasteiger partial charge in [-0.25, -0.2) is 0 Å². The van der Waals surface area contributed by atoms with Gasteiger partial charge in [-0.05, 0) is 50.9 Å². The Labute approximate surface area is 106 Å². The molecule has 0 saturated carbocycles. The summed E-state index contributed by atoms with van der Waals surface area (Å²) in [5, 5.41) is 0. The Kier molecular flexibility index (Phi) is 4.72. The van der Waals surface area contributed by atoms with Crippen molar-refractivity contribution in [3.63, 3.8) is 0 Å². The highest BCUT2D eigenvalue weighted by atomic mass is 15.2. The second-order valence-corrected chi connectivity index (χ2v) is 5.33. The Morgan fingerprint density at radius 2 is 1.88 bits per heavy atom. The third kappa shape index (κ3) is 3.30. The van der Waals surface area contributed by atoms with Crippen LogP contribution < -0.4 is 5.73 Å². The summed E-state index contributed by atoms with van der Waals surface area (Å²) >= 11 is 0. The standard InChI is InChI=1S/C15H26N2/c1-6-15(4,11-16)17(5)10-14-8-7-12(2)13(3)9-14/h7-9H,6,10-11,16H2,1-5H3. The van der Waals surface area contributed by atoms with E-state index in [9.17, 15) is 0 Å². The Bertz CT molecular complexity index is 367. The first kappa shape index (κ1) is 14.2. The van der Waals surface area contributed by atoms with Gasteiger partial charge in [0, 0.05) is 18.6 Å². The van der Waals surface area contributed by atoms with Crippen LogP contribution in [-0.2, 0) is 6.54 Å². The summed E-state index contributed by atoms with van der Waals surface area (Å²) in [6, 6.07) is 6.69. The summed E-state index contributed by atoms with van der Waals surface area (Å²) < 4.78 is 0. The Morgan fingerprint density at radius 3 is 2.35 bits per heavy atom. The Morgan fingerprint density at radius 1 is 1.24 bits per heavy atom. The molecule has 96 valence electrons. The van der Waals surface area contributed by atoms with Gasteiger partial charge in [0.1, 0.15) is 0 Å². The maximum atomic E-state index is 5.88. The summed E-state index contributed by atoms with van der Waals surface area (Å²) in [7, 11) is 2.16. The lowest BCUT2D eigenvalue weighted by atomic mass is 9.96. The SMILES string of the molecule is CCC(C)(CN)N(C)Cc1ccc(C)c(C)c1. The molecule has 0 aliphatic rings. The molecule has 0 fully saturated rings. The molecule has 2 heteroatoms. The number of hydrogen-bond donors (Lipinski definition) is 1. The maximum Gasteiger partial charge on any atom is 0.0301 e. The van der Waals surface area contributed by atoms with Crippen LogP contribution in [-0.4, -0.2) is 24.0 Å². The van der Waals surface area contributed by atoms with Gasteiger partial charge in [-0.2, -0.15) is 0 Å². The van der Waals surface area contributed by atoms with Crippen molar-refractivity contribution in [2.75, 3.05) is 13.6 Å². The fraction of sp³-hybridized carbons (Fsp3) is 0.600. The van der Waals surface area contributed by atoms with Crippen molar-refractivity contribution >= 4 is 0 Å². The van der Waals surface area contributed by atoms with E-state index in [1.807, 2.05) is 0 Å². The first-order chi connectivity index (χ1) is 7.92. The molecule has 0 saturated heterocycles. The van der Waals surface area contributed by atoms with Gasteiger partial charge in [-0.3, -0.25) is 4.90 Å². The fourth-order valence-corrected chi connectivity index (χ4v) is 1.94. The van der Waals surface area contributed by atoms with E-state index in [0.717, 1.165) is 13.0 Å². The van der Waals surface area contributed by atoms with E-state index in [1.165, 1.54) is 16.7 Å². The lowest BCUT2D eigenvalue weighted by molar-refractivity contribution is 0.131. The van der Waals surface area contributed by atoms with Crippen LogP contribution in [0.15, 0.2) is 18.2 Å². The van der Waals surface area contributed by atoms with Gasteiger partial charge in [0.2, 0.25) is 0 Å². The molecule has 0 radical (unpaired) electrons. The van der Waals surface area contributed by atoms with Crippen molar-refractivity contribution in [2.24, 2.45) is 5.73 Å². The van der Waals surface area contributed by atoms with Crippen LogP contribution in [0.3, 0.4) is 0 Å². The van der Waals surface area contributed by atoms with Gasteiger partial charge in [0.25, 0.3) is 0 Å². The van der Waals surface area contributed by atoms with E-state index in [1.54, 1.807) is 0 Å². The summed E-state index contributed by atoms with van der Waals surface area (Å²) in [4.78, 5) is 2.36. The number of likely N-dealkylation sites (N-methyl/N-ethyl adjacent to an activating group) is 1. The van der Waals surface area contributed by atoms with E-state index in [-0.39, 0.29) is 5.54 Å². The molecule has 1 aromatic carbocycles. The third-order valence-corrected chi connectivity index (χ3v) is 4.11. The van der Waals surface area contributed by atoms with Crippen LogP contribution in [0.4, 0.5) is 0 Å². The quantitative estimate of drug-likeness (QED) is 0.849. The highest BCUT2D eigenvalue weighted by molar-refractivity contribution is 5.29. The second kappa shape index (κ2) is 5.65. The lowest BCUT2D eigenvalue weighted by Gasteiger charge is -2.37. The fourth-order valence-electron chi connectivity index (χ4n) is 1.94. The molecule has 2 N–H and O–H groups in total. The van der Waals surface area contributed by atoms with E-state index >= 15 is 0 Å². The number of nitrogens with zero attached hydrogens (tertiary/aromatic N) is 1. The topological polar surface area (TPSA) is 29.3 Å². The predicted molar refractivity (Wildman–Crippen MR) is 75.1 cm³/mol. The normalized spacial score (nSPS) is 15.0. The summed E-state index contributed by atoms with van der Waals surface area (Å²) in [5.74, 6) is 0. The van der Waals surface area contributed by atoms with Crippen molar-refractivity contribution in [3.8, 4) is 0 Å². The zero-order chi connectivity index (χ0) is 13.1. The van der Waals surface area contributed by atoms with Crippen molar-refractivity contribution < 1.29 is 0 Å². The molecule has 0 heterocycles. The molecule has 1 aromatic rings. The van der Waals surface area contributed by atoms with Crippen molar-refractivity contribution in [1.29, 1.82) is 0 Å². The van der Waals surface area contributed by atoms with Gasteiger partial charge < -0.3 is 5.73 Å². The van der Waals surface area contributed by atoms with Gasteiger partial charge in [-0.1, -0.05) is 25.1 Å². The highest BCUT2D eigenvalue weighted by Gasteiger charge is 2.25. The average molecular weight is 234 g/mol. The van der Waals surface area contributed by atoms with Crippen LogP contribution >= 0.6 is 0 Å². The molecule has 17 heavy (non-hydrogen) atoms. The molecular formula is C15H26N2. The van der Waals surface area contributed by atoms with Gasteiger partial charge in [0.15, 0.2) is 0 Å². The van der Waals surface area contributed by atoms with Crippen molar-refractivity contribution in [2.45, 2.75) is 46.2 Å². The number of nitrogens with two attached hydrogens (primary N) is 1. The van der Waals surface area contributed by atoms with Crippen LogP contribution in [0, 0.1) is 13.8 Å². The highest BCUT2D eigenvalue weighted by Crippen LogP contribution is 2.20. The predicted octanol–water partition coefficient (Wildman–Crippen LogP) is 2.86. The van der Waals surface area contributed by atoms with E-state index < -0.39 is 0 Å². The van der Waals surface area contributed by atoms with Crippen molar-refractivity contribution in [1.82, 2.24) is 4.90 Å². The first-order valence-electron chi connectivity index (χ1n) is 6.40. The lowest BCUT2D eigenvalue weighted by Crippen LogP contribution is -2.48. The van der Waals surface area contributed by atoms with E-state index in [2.05, 4.69) is 57.8 Å². The second-order valence-electron chi connectivity index (χ2n) is 5.33. The summed E-state index contributed by atoms with van der Waals surface area (Å²) in [6.07, 6.45) is 1.07. The van der Waals surface area contributed by atoms with Crippen molar-refractivity contribution in [3.05, 3.63) is 34.9 Å². The van der Waals surface area contributed by atoms with Gasteiger partial charge >= 0.3 is 0 Å². The number of aryl methyl sites for hydroxylation is 2. The number of hydrogen-bond acceptors (Lipinski definition) is 2. The van der Waals surface area contributed by atoms with Crippen LogP contribution in [0.1, 0.15) is 37.0 Å². The zero-order valence-electron chi connectivity index (χ0n) is 11.9. The summed E-state index contributed by atoms with van der Waals surface area (Å²) in [5.41, 5.74) is 10.1. The minimum absolute atomic E-state index is 0.0960. The number of benzene rings is 1. The average Bonchev–Trinajstić information content (AvgIpc) is 2.32. The van der Waals surface area contributed by atoms with E-state index in [4.69, 9.17) is 5.73 Å². The monoisotopic (exact) mass is 234 g/mol. The Hall–Kier alpha value is -0.860. The molecule has 1 unspecified atom stereocenters. The third-order valence-electron chi connectivity index (χ3n) is 4.11. The van der Waals surface area contributed by atoms with Crippen LogP contribution in [0.5, 0.6) is 0 Å². The molecule has 0 amide bonds. The molecule has 0 spiro atoms. The molecule has 0 aliphatic carbocycles. The smallest absolute Gasteiger partial charge is 0.0301 e. The maximum absolute atomic E-state index is 5.88. The molecule has 0 bridgehead atoms. The largest absolute Gasteiger partial charge is 0.329 e. The number of rotatable bonds is 5.